The zero-order valence-electron chi connectivity index (χ0n) is 11.8. The Bertz CT molecular complexity index is 380. The van der Waals surface area contributed by atoms with Gasteiger partial charge in [0.15, 0.2) is 5.11 Å². The molecule has 0 aliphatic rings. The monoisotopic (exact) mass is 285 g/mol. The lowest BCUT2D eigenvalue weighted by Gasteiger charge is -2.11. The van der Waals surface area contributed by atoms with E-state index in [2.05, 4.69) is 34.7 Å². The zero-order valence-corrected chi connectivity index (χ0v) is 12.7. The van der Waals surface area contributed by atoms with Gasteiger partial charge >= 0.3 is 0 Å². The Morgan fingerprint density at radius 1 is 1.53 bits per heavy atom. The highest BCUT2D eigenvalue weighted by atomic mass is 32.1. The molecule has 0 bridgehead atoms. The van der Waals surface area contributed by atoms with Gasteiger partial charge in [0.25, 0.3) is 0 Å². The highest BCUT2D eigenvalue weighted by Gasteiger charge is 2.01. The van der Waals surface area contributed by atoms with Crippen molar-refractivity contribution in [2.75, 3.05) is 39.1 Å². The number of rotatable bonds is 8. The van der Waals surface area contributed by atoms with Crippen molar-refractivity contribution in [2.24, 2.45) is 0 Å². The lowest BCUT2D eigenvalue weighted by molar-refractivity contribution is 0.0792. The van der Waals surface area contributed by atoms with Crippen LogP contribution in [0.25, 0.3) is 0 Å². The summed E-state index contributed by atoms with van der Waals surface area (Å²) in [5, 5.41) is 11.0. The van der Waals surface area contributed by atoms with Crippen molar-refractivity contribution in [3.05, 3.63) is 12.4 Å². The summed E-state index contributed by atoms with van der Waals surface area (Å²) in [5.74, 6) is 0. The van der Waals surface area contributed by atoms with Crippen LogP contribution in [0.3, 0.4) is 0 Å². The highest BCUT2D eigenvalue weighted by Crippen LogP contribution is 2.04. The summed E-state index contributed by atoms with van der Waals surface area (Å²) >= 11 is 5.21. The molecule has 0 aliphatic heterocycles. The summed E-state index contributed by atoms with van der Waals surface area (Å²) in [6, 6.07) is 0. The molecule has 1 heterocycles. The van der Waals surface area contributed by atoms with Gasteiger partial charge in [0.1, 0.15) is 6.73 Å². The fourth-order valence-electron chi connectivity index (χ4n) is 1.46. The molecule has 19 heavy (non-hydrogen) atoms. The van der Waals surface area contributed by atoms with E-state index in [1.165, 1.54) is 0 Å². The Morgan fingerprint density at radius 3 is 3.00 bits per heavy atom. The Labute approximate surface area is 120 Å². The standard InChI is InChI=1S/C12H23N5OS/c1-4-18-10-17-9-11(8-14-17)15-12(19)13-6-5-7-16(2)3/h8-9H,4-7,10H2,1-3H3,(H2,13,15,19). The second-order valence-electron chi connectivity index (χ2n) is 4.43. The van der Waals surface area contributed by atoms with Crippen LogP contribution in [0.2, 0.25) is 0 Å². The van der Waals surface area contributed by atoms with Crippen LogP contribution in [0.4, 0.5) is 5.69 Å². The van der Waals surface area contributed by atoms with E-state index in [9.17, 15) is 0 Å². The molecule has 0 radical (unpaired) electrons. The minimum absolute atomic E-state index is 0.460. The van der Waals surface area contributed by atoms with E-state index in [-0.39, 0.29) is 0 Å². The van der Waals surface area contributed by atoms with Crippen molar-refractivity contribution in [3.63, 3.8) is 0 Å². The first-order valence-corrected chi connectivity index (χ1v) is 6.82. The maximum absolute atomic E-state index is 5.26. The zero-order chi connectivity index (χ0) is 14.1. The van der Waals surface area contributed by atoms with Crippen molar-refractivity contribution in [3.8, 4) is 0 Å². The molecule has 1 rings (SSSR count). The van der Waals surface area contributed by atoms with Gasteiger partial charge in [0.2, 0.25) is 0 Å². The summed E-state index contributed by atoms with van der Waals surface area (Å²) < 4.78 is 6.98. The lowest BCUT2D eigenvalue weighted by atomic mass is 10.4. The van der Waals surface area contributed by atoms with Crippen LogP contribution in [-0.2, 0) is 11.5 Å². The third-order valence-corrected chi connectivity index (χ3v) is 2.63. The van der Waals surface area contributed by atoms with Gasteiger partial charge in [-0.15, -0.1) is 0 Å². The predicted octanol–water partition coefficient (Wildman–Crippen LogP) is 1.12. The van der Waals surface area contributed by atoms with Gasteiger partial charge < -0.3 is 20.3 Å². The molecule has 0 atom stereocenters. The van der Waals surface area contributed by atoms with Crippen LogP contribution in [0.1, 0.15) is 13.3 Å². The van der Waals surface area contributed by atoms with Crippen molar-refractivity contribution < 1.29 is 4.74 Å². The van der Waals surface area contributed by atoms with Crippen molar-refractivity contribution in [1.29, 1.82) is 0 Å². The van der Waals surface area contributed by atoms with Gasteiger partial charge in [-0.3, -0.25) is 0 Å². The lowest BCUT2D eigenvalue weighted by Crippen LogP contribution is -2.30. The third-order valence-electron chi connectivity index (χ3n) is 2.39. The number of anilines is 1. The molecule has 7 heteroatoms. The second-order valence-corrected chi connectivity index (χ2v) is 4.84. The quantitative estimate of drug-likeness (QED) is 0.551. The van der Waals surface area contributed by atoms with Gasteiger partial charge in [0, 0.05) is 13.2 Å². The van der Waals surface area contributed by atoms with E-state index in [1.807, 2.05) is 13.1 Å². The molecule has 0 aromatic carbocycles. The number of hydrogen-bond acceptors (Lipinski definition) is 4. The summed E-state index contributed by atoms with van der Waals surface area (Å²) in [4.78, 5) is 2.15. The number of nitrogens with zero attached hydrogens (tertiary/aromatic N) is 3. The number of aromatic nitrogens is 2. The third kappa shape index (κ3) is 7.09. The van der Waals surface area contributed by atoms with E-state index in [0.717, 1.165) is 25.2 Å². The molecule has 0 unspecified atom stereocenters. The number of nitrogens with one attached hydrogen (secondary N) is 2. The van der Waals surface area contributed by atoms with Gasteiger partial charge in [-0.05, 0) is 46.2 Å². The van der Waals surface area contributed by atoms with E-state index in [0.29, 0.717) is 18.5 Å². The average molecular weight is 285 g/mol. The maximum atomic E-state index is 5.26. The second kappa shape index (κ2) is 8.84. The first-order chi connectivity index (χ1) is 9.11. The van der Waals surface area contributed by atoms with Gasteiger partial charge in [0.05, 0.1) is 18.1 Å². The van der Waals surface area contributed by atoms with E-state index in [4.69, 9.17) is 17.0 Å². The molecular weight excluding hydrogens is 262 g/mol. The molecule has 0 spiro atoms. The minimum atomic E-state index is 0.460. The van der Waals surface area contributed by atoms with Crippen molar-refractivity contribution in [2.45, 2.75) is 20.1 Å². The molecule has 0 fully saturated rings. The highest BCUT2D eigenvalue weighted by molar-refractivity contribution is 7.80. The smallest absolute Gasteiger partial charge is 0.170 e. The summed E-state index contributed by atoms with van der Waals surface area (Å²) in [5.41, 5.74) is 0.866. The van der Waals surface area contributed by atoms with Gasteiger partial charge in [-0.25, -0.2) is 4.68 Å². The molecule has 1 aromatic rings. The fourth-order valence-corrected chi connectivity index (χ4v) is 1.68. The minimum Gasteiger partial charge on any atom is -0.362 e. The fraction of sp³-hybridized carbons (Fsp3) is 0.667. The number of hydrogen-bond donors (Lipinski definition) is 2. The molecule has 0 saturated heterocycles. The predicted molar refractivity (Wildman–Crippen MR) is 81.2 cm³/mol. The molecule has 0 aliphatic carbocycles. The largest absolute Gasteiger partial charge is 0.362 e. The van der Waals surface area contributed by atoms with Crippen LogP contribution in [0.5, 0.6) is 0 Å². The Morgan fingerprint density at radius 2 is 2.32 bits per heavy atom. The molecule has 2 N–H and O–H groups in total. The first kappa shape index (κ1) is 15.9. The van der Waals surface area contributed by atoms with Crippen LogP contribution in [0.15, 0.2) is 12.4 Å². The molecule has 0 amide bonds. The molecule has 6 nitrogen and oxygen atoms in total. The van der Waals surface area contributed by atoms with E-state index >= 15 is 0 Å². The average Bonchev–Trinajstić information content (AvgIpc) is 2.79. The van der Waals surface area contributed by atoms with Crippen molar-refractivity contribution in [1.82, 2.24) is 20.0 Å². The normalized spacial score (nSPS) is 10.7. The molecule has 108 valence electrons. The van der Waals surface area contributed by atoms with Crippen molar-refractivity contribution >= 4 is 23.0 Å². The Balaban J connectivity index is 2.22. The number of ether oxygens (including phenoxy) is 1. The molecule has 0 saturated carbocycles. The Hall–Kier alpha value is -1.18. The van der Waals surface area contributed by atoms with Crippen LogP contribution in [0, 0.1) is 0 Å². The van der Waals surface area contributed by atoms with E-state index < -0.39 is 0 Å². The summed E-state index contributed by atoms with van der Waals surface area (Å²) in [7, 11) is 4.12. The Kier molecular flexibility index (Phi) is 7.39. The van der Waals surface area contributed by atoms with Crippen LogP contribution in [-0.4, -0.2) is 53.6 Å². The summed E-state index contributed by atoms with van der Waals surface area (Å²) in [6.07, 6.45) is 4.65. The van der Waals surface area contributed by atoms with E-state index in [1.54, 1.807) is 10.9 Å². The maximum Gasteiger partial charge on any atom is 0.170 e. The van der Waals surface area contributed by atoms with Gasteiger partial charge in [-0.2, -0.15) is 5.10 Å². The summed E-state index contributed by atoms with van der Waals surface area (Å²) in [6.45, 7) is 4.99. The SMILES string of the molecule is CCOCn1cc(NC(=S)NCCCN(C)C)cn1. The molecular formula is C12H23N5OS. The topological polar surface area (TPSA) is 54.4 Å². The first-order valence-electron chi connectivity index (χ1n) is 6.41. The molecule has 1 aromatic heterocycles. The number of thiocarbonyl (C=S) groups is 1. The van der Waals surface area contributed by atoms with Gasteiger partial charge in [-0.1, -0.05) is 0 Å². The van der Waals surface area contributed by atoms with Crippen LogP contribution < -0.4 is 10.6 Å². The van der Waals surface area contributed by atoms with Crippen LogP contribution >= 0.6 is 12.2 Å².